The zero-order chi connectivity index (χ0) is 9.97. The zero-order valence-electron chi connectivity index (χ0n) is 7.97. The van der Waals surface area contributed by atoms with E-state index in [1.165, 1.54) is 18.9 Å². The standard InChI is InChI=1S/C12H13ClF/c13-10-6-7-11(12(14)8-10)9-4-2-1-3-5-9/h2,6-9H,1,3-5H2. The summed E-state index contributed by atoms with van der Waals surface area (Å²) < 4.78 is 13.5. The van der Waals surface area contributed by atoms with E-state index in [2.05, 4.69) is 6.42 Å². The minimum Gasteiger partial charge on any atom is -0.207 e. The second-order valence-electron chi connectivity index (χ2n) is 3.82. The summed E-state index contributed by atoms with van der Waals surface area (Å²) in [5.74, 6) is 0.207. The van der Waals surface area contributed by atoms with Gasteiger partial charge in [0.15, 0.2) is 0 Å². The molecule has 1 radical (unpaired) electrons. The van der Waals surface area contributed by atoms with Crippen LogP contribution in [-0.2, 0) is 0 Å². The SMILES string of the molecule is Fc1cc(Cl)ccc1C1C[CH]CCC1. The molecule has 75 valence electrons. The Kier molecular flexibility index (Phi) is 3.07. The Morgan fingerprint density at radius 3 is 2.86 bits per heavy atom. The topological polar surface area (TPSA) is 0 Å². The molecule has 2 heteroatoms. The van der Waals surface area contributed by atoms with Crippen LogP contribution in [0.1, 0.15) is 37.2 Å². The normalized spacial score (nSPS) is 18.4. The predicted molar refractivity (Wildman–Crippen MR) is 56.9 cm³/mol. The number of hydrogen-bond donors (Lipinski definition) is 0. The molecule has 0 bridgehead atoms. The van der Waals surface area contributed by atoms with Crippen LogP contribution in [0.3, 0.4) is 0 Å². The molecular weight excluding hydrogens is 199 g/mol. The monoisotopic (exact) mass is 211 g/mol. The van der Waals surface area contributed by atoms with Crippen LogP contribution >= 0.6 is 11.6 Å². The van der Waals surface area contributed by atoms with Gasteiger partial charge in [-0.2, -0.15) is 0 Å². The lowest BCUT2D eigenvalue weighted by molar-refractivity contribution is 0.491. The van der Waals surface area contributed by atoms with Crippen LogP contribution in [0.25, 0.3) is 0 Å². The van der Waals surface area contributed by atoms with Gasteiger partial charge in [0, 0.05) is 5.02 Å². The summed E-state index contributed by atoms with van der Waals surface area (Å²) in [6, 6.07) is 5.00. The minimum atomic E-state index is -0.155. The van der Waals surface area contributed by atoms with E-state index in [0.717, 1.165) is 18.4 Å². The van der Waals surface area contributed by atoms with Crippen LogP contribution in [0.5, 0.6) is 0 Å². The van der Waals surface area contributed by atoms with Gasteiger partial charge in [0.1, 0.15) is 5.82 Å². The number of rotatable bonds is 1. The third-order valence-corrected chi connectivity index (χ3v) is 3.05. The minimum absolute atomic E-state index is 0.155. The predicted octanol–water partition coefficient (Wildman–Crippen LogP) is 4.34. The smallest absolute Gasteiger partial charge is 0.128 e. The summed E-state index contributed by atoms with van der Waals surface area (Å²) in [7, 11) is 0. The van der Waals surface area contributed by atoms with Crippen LogP contribution in [0, 0.1) is 12.2 Å². The number of halogens is 2. The first-order chi connectivity index (χ1) is 6.77. The Bertz CT molecular complexity index is 316. The molecule has 1 aliphatic carbocycles. The summed E-state index contributed by atoms with van der Waals surface area (Å²) >= 11 is 5.71. The third-order valence-electron chi connectivity index (χ3n) is 2.81. The first-order valence-corrected chi connectivity index (χ1v) is 5.42. The van der Waals surface area contributed by atoms with Gasteiger partial charge in [0.25, 0.3) is 0 Å². The molecule has 0 spiro atoms. The average molecular weight is 212 g/mol. The van der Waals surface area contributed by atoms with Crippen LogP contribution in [0.4, 0.5) is 4.39 Å². The summed E-state index contributed by atoms with van der Waals surface area (Å²) in [6.07, 6.45) is 6.69. The maximum atomic E-state index is 13.5. The lowest BCUT2D eigenvalue weighted by Gasteiger charge is -2.22. The fourth-order valence-electron chi connectivity index (χ4n) is 2.06. The van der Waals surface area contributed by atoms with Crippen LogP contribution in [-0.4, -0.2) is 0 Å². The molecule has 0 N–H and O–H groups in total. The fourth-order valence-corrected chi connectivity index (χ4v) is 2.22. The molecule has 1 aliphatic rings. The lowest BCUT2D eigenvalue weighted by Crippen LogP contribution is -2.06. The Hall–Kier alpha value is -0.560. The first-order valence-electron chi connectivity index (χ1n) is 5.04. The molecule has 2 rings (SSSR count). The molecule has 0 amide bonds. The Morgan fingerprint density at radius 2 is 2.21 bits per heavy atom. The highest BCUT2D eigenvalue weighted by molar-refractivity contribution is 6.30. The lowest BCUT2D eigenvalue weighted by atomic mass is 9.84. The number of benzene rings is 1. The summed E-state index contributed by atoms with van der Waals surface area (Å²) in [5, 5.41) is 0.478. The Balaban J connectivity index is 2.22. The van der Waals surface area contributed by atoms with E-state index in [1.807, 2.05) is 6.07 Å². The van der Waals surface area contributed by atoms with E-state index in [0.29, 0.717) is 10.9 Å². The van der Waals surface area contributed by atoms with E-state index in [9.17, 15) is 4.39 Å². The summed E-state index contributed by atoms with van der Waals surface area (Å²) in [6.45, 7) is 0. The van der Waals surface area contributed by atoms with Crippen molar-refractivity contribution in [2.24, 2.45) is 0 Å². The molecule has 14 heavy (non-hydrogen) atoms. The van der Waals surface area contributed by atoms with Crippen molar-refractivity contribution in [3.63, 3.8) is 0 Å². The van der Waals surface area contributed by atoms with Gasteiger partial charge < -0.3 is 0 Å². The van der Waals surface area contributed by atoms with Gasteiger partial charge >= 0.3 is 0 Å². The van der Waals surface area contributed by atoms with E-state index in [4.69, 9.17) is 11.6 Å². The van der Waals surface area contributed by atoms with Crippen molar-refractivity contribution < 1.29 is 4.39 Å². The van der Waals surface area contributed by atoms with E-state index < -0.39 is 0 Å². The van der Waals surface area contributed by atoms with Gasteiger partial charge in [-0.1, -0.05) is 30.5 Å². The molecule has 0 heterocycles. The number of hydrogen-bond acceptors (Lipinski definition) is 0. The van der Waals surface area contributed by atoms with E-state index >= 15 is 0 Å². The largest absolute Gasteiger partial charge is 0.207 e. The van der Waals surface area contributed by atoms with Gasteiger partial charge in [-0.25, -0.2) is 4.39 Å². The van der Waals surface area contributed by atoms with Crippen molar-refractivity contribution in [3.05, 3.63) is 41.0 Å². The highest BCUT2D eigenvalue weighted by atomic mass is 35.5. The van der Waals surface area contributed by atoms with Gasteiger partial charge in [0.05, 0.1) is 0 Å². The molecule has 1 saturated carbocycles. The highest BCUT2D eigenvalue weighted by Gasteiger charge is 2.18. The molecule has 0 aliphatic heterocycles. The first kappa shape index (κ1) is 9.97. The average Bonchev–Trinajstić information content (AvgIpc) is 2.19. The van der Waals surface area contributed by atoms with Crippen molar-refractivity contribution in [1.29, 1.82) is 0 Å². The van der Waals surface area contributed by atoms with Crippen molar-refractivity contribution in [3.8, 4) is 0 Å². The second kappa shape index (κ2) is 4.31. The quantitative estimate of drug-likeness (QED) is 0.648. The van der Waals surface area contributed by atoms with Gasteiger partial charge in [-0.3, -0.25) is 0 Å². The summed E-state index contributed by atoms with van der Waals surface area (Å²) in [4.78, 5) is 0. The van der Waals surface area contributed by atoms with Crippen LogP contribution in [0.2, 0.25) is 5.02 Å². The van der Waals surface area contributed by atoms with Crippen molar-refractivity contribution in [1.82, 2.24) is 0 Å². The second-order valence-corrected chi connectivity index (χ2v) is 4.25. The maximum Gasteiger partial charge on any atom is 0.128 e. The molecule has 1 atom stereocenters. The third kappa shape index (κ3) is 2.09. The molecule has 1 aromatic carbocycles. The van der Waals surface area contributed by atoms with Crippen molar-refractivity contribution in [2.75, 3.05) is 0 Å². The molecule has 1 aromatic rings. The van der Waals surface area contributed by atoms with Crippen LogP contribution in [0.15, 0.2) is 18.2 Å². The highest BCUT2D eigenvalue weighted by Crippen LogP contribution is 2.34. The summed E-state index contributed by atoms with van der Waals surface area (Å²) in [5.41, 5.74) is 0.824. The fraction of sp³-hybridized carbons (Fsp3) is 0.417. The van der Waals surface area contributed by atoms with Gasteiger partial charge in [0.2, 0.25) is 0 Å². The molecule has 0 aromatic heterocycles. The van der Waals surface area contributed by atoms with E-state index in [1.54, 1.807) is 6.07 Å². The molecular formula is C12H13ClF. The molecule has 1 fully saturated rings. The molecule has 1 unspecified atom stereocenters. The zero-order valence-corrected chi connectivity index (χ0v) is 8.73. The Labute approximate surface area is 89.1 Å². The van der Waals surface area contributed by atoms with Crippen molar-refractivity contribution in [2.45, 2.75) is 31.6 Å². The van der Waals surface area contributed by atoms with E-state index in [-0.39, 0.29) is 5.82 Å². The van der Waals surface area contributed by atoms with Gasteiger partial charge in [-0.15, -0.1) is 0 Å². The van der Waals surface area contributed by atoms with Gasteiger partial charge in [-0.05, 0) is 42.9 Å². The van der Waals surface area contributed by atoms with Crippen LogP contribution < -0.4 is 0 Å². The van der Waals surface area contributed by atoms with Crippen molar-refractivity contribution >= 4 is 11.6 Å². The maximum absolute atomic E-state index is 13.5. The molecule has 0 nitrogen and oxygen atoms in total. The molecule has 0 saturated heterocycles. The Morgan fingerprint density at radius 1 is 1.36 bits per heavy atom.